The highest BCUT2D eigenvalue weighted by atomic mass is 35.5. The van der Waals surface area contributed by atoms with Crippen molar-refractivity contribution in [3.8, 4) is 6.07 Å². The number of hydrogen-bond acceptors (Lipinski definition) is 3. The molecule has 108 valence electrons. The predicted molar refractivity (Wildman–Crippen MR) is 77.8 cm³/mol. The Balaban J connectivity index is 2.14. The van der Waals surface area contributed by atoms with Gasteiger partial charge in [-0.15, -0.1) is 0 Å². The smallest absolute Gasteiger partial charge is 0.307 e. The fourth-order valence-corrected chi connectivity index (χ4v) is 2.52. The maximum Gasteiger partial charge on any atom is 0.307 e. The molecule has 0 aliphatic heterocycles. The molecule has 0 fully saturated rings. The van der Waals surface area contributed by atoms with Gasteiger partial charge in [0.2, 0.25) is 5.91 Å². The van der Waals surface area contributed by atoms with Crippen molar-refractivity contribution in [2.75, 3.05) is 5.32 Å². The van der Waals surface area contributed by atoms with Crippen LogP contribution in [-0.2, 0) is 9.59 Å². The van der Waals surface area contributed by atoms with E-state index in [0.717, 1.165) is 0 Å². The fraction of sp³-hybridized carbons (Fsp3) is 0.267. The van der Waals surface area contributed by atoms with E-state index in [1.807, 2.05) is 12.1 Å². The first-order chi connectivity index (χ1) is 10.0. The van der Waals surface area contributed by atoms with Crippen molar-refractivity contribution in [1.29, 1.82) is 5.26 Å². The molecule has 0 heterocycles. The maximum absolute atomic E-state index is 12.2. The molecule has 0 saturated heterocycles. The van der Waals surface area contributed by atoms with Gasteiger partial charge in [-0.05, 0) is 31.0 Å². The Hall–Kier alpha value is -2.32. The number of benzene rings is 1. The van der Waals surface area contributed by atoms with Gasteiger partial charge in [0.25, 0.3) is 0 Å². The van der Waals surface area contributed by atoms with Crippen LogP contribution in [0.5, 0.6) is 0 Å². The number of anilines is 1. The average molecular weight is 305 g/mol. The van der Waals surface area contributed by atoms with Gasteiger partial charge in [0.15, 0.2) is 0 Å². The highest BCUT2D eigenvalue weighted by Gasteiger charge is 2.33. The Morgan fingerprint density at radius 2 is 1.95 bits per heavy atom. The van der Waals surface area contributed by atoms with Gasteiger partial charge >= 0.3 is 5.97 Å². The second-order valence-electron chi connectivity index (χ2n) is 4.79. The van der Waals surface area contributed by atoms with Crippen LogP contribution in [0.2, 0.25) is 5.02 Å². The normalized spacial score (nSPS) is 20.6. The molecule has 5 nitrogen and oxygen atoms in total. The lowest BCUT2D eigenvalue weighted by Crippen LogP contribution is -2.34. The molecule has 1 aliphatic rings. The van der Waals surface area contributed by atoms with Gasteiger partial charge in [0, 0.05) is 5.69 Å². The largest absolute Gasteiger partial charge is 0.481 e. The van der Waals surface area contributed by atoms with Crippen LogP contribution in [0, 0.1) is 23.2 Å². The van der Waals surface area contributed by atoms with Gasteiger partial charge in [0.05, 0.1) is 22.4 Å². The SMILES string of the molecule is N#Cc1ccc(NC(=O)[C@H]2CC=CC[C@@H]2C(=O)O)cc1Cl. The van der Waals surface area contributed by atoms with E-state index in [1.165, 1.54) is 12.1 Å². The fourth-order valence-electron chi connectivity index (χ4n) is 2.30. The van der Waals surface area contributed by atoms with Crippen LogP contribution in [0.1, 0.15) is 18.4 Å². The number of allylic oxidation sites excluding steroid dienone is 2. The lowest BCUT2D eigenvalue weighted by molar-refractivity contribution is -0.146. The second-order valence-corrected chi connectivity index (χ2v) is 5.20. The van der Waals surface area contributed by atoms with E-state index in [1.54, 1.807) is 12.1 Å². The minimum absolute atomic E-state index is 0.244. The number of carbonyl (C=O) groups is 2. The summed E-state index contributed by atoms with van der Waals surface area (Å²) < 4.78 is 0. The summed E-state index contributed by atoms with van der Waals surface area (Å²) >= 11 is 5.90. The molecule has 2 N–H and O–H groups in total. The number of nitriles is 1. The molecule has 0 spiro atoms. The van der Waals surface area contributed by atoms with E-state index in [0.29, 0.717) is 24.1 Å². The molecular formula is C15H13ClN2O3. The number of carboxylic acid groups (broad SMARTS) is 1. The first-order valence-corrected chi connectivity index (χ1v) is 6.79. The molecule has 0 radical (unpaired) electrons. The zero-order valence-corrected chi connectivity index (χ0v) is 11.8. The molecule has 0 saturated carbocycles. The number of aliphatic carboxylic acids is 1. The number of carbonyl (C=O) groups excluding carboxylic acids is 1. The lowest BCUT2D eigenvalue weighted by atomic mass is 9.82. The summed E-state index contributed by atoms with van der Waals surface area (Å²) in [5.41, 5.74) is 0.765. The van der Waals surface area contributed by atoms with Crippen LogP contribution in [-0.4, -0.2) is 17.0 Å². The molecule has 0 bridgehead atoms. The zero-order valence-electron chi connectivity index (χ0n) is 11.0. The standard InChI is InChI=1S/C15H13ClN2O3/c16-13-7-10(6-5-9(13)8-17)18-14(19)11-3-1-2-4-12(11)15(20)21/h1-2,5-7,11-12H,3-4H2,(H,18,19)(H,20,21)/t11-,12-/m0/s1. The van der Waals surface area contributed by atoms with Crippen molar-refractivity contribution in [1.82, 2.24) is 0 Å². The predicted octanol–water partition coefficient (Wildman–Crippen LogP) is 2.82. The Morgan fingerprint density at radius 3 is 2.52 bits per heavy atom. The molecule has 1 aromatic rings. The van der Waals surface area contributed by atoms with E-state index in [9.17, 15) is 9.59 Å². The second kappa shape index (κ2) is 6.42. The minimum atomic E-state index is -0.975. The van der Waals surface area contributed by atoms with Crippen LogP contribution in [0.25, 0.3) is 0 Å². The Bertz CT molecular complexity index is 649. The molecule has 0 aromatic heterocycles. The Morgan fingerprint density at radius 1 is 1.29 bits per heavy atom. The minimum Gasteiger partial charge on any atom is -0.481 e. The van der Waals surface area contributed by atoms with E-state index in [2.05, 4.69) is 5.32 Å². The third-order valence-electron chi connectivity index (χ3n) is 3.44. The van der Waals surface area contributed by atoms with Crippen LogP contribution >= 0.6 is 11.6 Å². The third-order valence-corrected chi connectivity index (χ3v) is 3.76. The summed E-state index contributed by atoms with van der Waals surface area (Å²) in [6, 6.07) is 6.48. The Labute approximate surface area is 126 Å². The number of hydrogen-bond donors (Lipinski definition) is 2. The van der Waals surface area contributed by atoms with Crippen molar-refractivity contribution in [3.05, 3.63) is 40.9 Å². The average Bonchev–Trinajstić information content (AvgIpc) is 2.47. The van der Waals surface area contributed by atoms with Crippen molar-refractivity contribution >= 4 is 29.2 Å². The zero-order chi connectivity index (χ0) is 15.4. The number of carboxylic acids is 1. The molecule has 1 aromatic carbocycles. The number of halogens is 1. The third kappa shape index (κ3) is 3.41. The summed E-state index contributed by atoms with van der Waals surface area (Å²) in [5, 5.41) is 20.9. The Kier molecular flexibility index (Phi) is 4.61. The topological polar surface area (TPSA) is 90.2 Å². The lowest BCUT2D eigenvalue weighted by Gasteiger charge is -2.24. The van der Waals surface area contributed by atoms with E-state index in [-0.39, 0.29) is 10.9 Å². The first kappa shape index (κ1) is 15.1. The molecule has 21 heavy (non-hydrogen) atoms. The van der Waals surface area contributed by atoms with Gasteiger partial charge < -0.3 is 10.4 Å². The number of nitrogens with zero attached hydrogens (tertiary/aromatic N) is 1. The highest BCUT2D eigenvalue weighted by Crippen LogP contribution is 2.28. The van der Waals surface area contributed by atoms with Crippen molar-refractivity contribution in [3.63, 3.8) is 0 Å². The first-order valence-electron chi connectivity index (χ1n) is 6.41. The maximum atomic E-state index is 12.2. The number of nitrogens with one attached hydrogen (secondary N) is 1. The summed E-state index contributed by atoms with van der Waals surface area (Å²) in [7, 11) is 0. The summed E-state index contributed by atoms with van der Waals surface area (Å²) in [4.78, 5) is 23.4. The van der Waals surface area contributed by atoms with Crippen molar-refractivity contribution < 1.29 is 14.7 Å². The van der Waals surface area contributed by atoms with Crippen LogP contribution < -0.4 is 5.32 Å². The van der Waals surface area contributed by atoms with Crippen LogP contribution in [0.3, 0.4) is 0 Å². The van der Waals surface area contributed by atoms with E-state index >= 15 is 0 Å². The van der Waals surface area contributed by atoms with Gasteiger partial charge in [-0.1, -0.05) is 23.8 Å². The van der Waals surface area contributed by atoms with Gasteiger partial charge in [-0.2, -0.15) is 5.26 Å². The highest BCUT2D eigenvalue weighted by molar-refractivity contribution is 6.32. The molecule has 2 atom stereocenters. The van der Waals surface area contributed by atoms with Crippen molar-refractivity contribution in [2.45, 2.75) is 12.8 Å². The molecule has 1 aliphatic carbocycles. The number of rotatable bonds is 3. The summed E-state index contributed by atoms with van der Waals surface area (Å²) in [6.07, 6.45) is 4.34. The van der Waals surface area contributed by atoms with Crippen LogP contribution in [0.15, 0.2) is 30.4 Å². The molecule has 6 heteroatoms. The van der Waals surface area contributed by atoms with Gasteiger partial charge in [-0.3, -0.25) is 9.59 Å². The van der Waals surface area contributed by atoms with Gasteiger partial charge in [0.1, 0.15) is 6.07 Å². The van der Waals surface area contributed by atoms with E-state index in [4.69, 9.17) is 22.0 Å². The number of amides is 1. The molecule has 2 rings (SSSR count). The van der Waals surface area contributed by atoms with E-state index < -0.39 is 17.8 Å². The molecule has 0 unspecified atom stereocenters. The summed E-state index contributed by atoms with van der Waals surface area (Å²) in [5.74, 6) is -2.66. The molecule has 1 amide bonds. The quantitative estimate of drug-likeness (QED) is 0.840. The van der Waals surface area contributed by atoms with Crippen LogP contribution in [0.4, 0.5) is 5.69 Å². The van der Waals surface area contributed by atoms with Crippen molar-refractivity contribution in [2.24, 2.45) is 11.8 Å². The van der Waals surface area contributed by atoms with Gasteiger partial charge in [-0.25, -0.2) is 0 Å². The monoisotopic (exact) mass is 304 g/mol. The summed E-state index contributed by atoms with van der Waals surface area (Å²) in [6.45, 7) is 0. The molecular weight excluding hydrogens is 292 g/mol.